The first-order valence-electron chi connectivity index (χ1n) is 39.4. The van der Waals surface area contributed by atoms with Crippen LogP contribution in [-0.4, -0.2) is 150 Å². The average molecular weight is 1880 g/mol. The lowest BCUT2D eigenvalue weighted by Gasteiger charge is -2.29. The molecule has 0 amide bonds. The topological polar surface area (TPSA) is 304 Å². The number of hydrogen-bond acceptors (Lipinski definition) is 25. The van der Waals surface area contributed by atoms with Crippen molar-refractivity contribution in [2.75, 3.05) is 47.5 Å². The van der Waals surface area contributed by atoms with E-state index in [1.807, 2.05) is 180 Å². The molecule has 28 nitrogen and oxygen atoms in total. The molecule has 0 bridgehead atoms. The van der Waals surface area contributed by atoms with Crippen LogP contribution in [0.4, 0.5) is 21.8 Å². The van der Waals surface area contributed by atoms with E-state index in [1.165, 1.54) is 23.6 Å². The first kappa shape index (κ1) is 89.6. The summed E-state index contributed by atoms with van der Waals surface area (Å²) in [6, 6.07) is 34.1. The molecule has 36 heteroatoms. The van der Waals surface area contributed by atoms with E-state index >= 15 is 0 Å². The van der Waals surface area contributed by atoms with Gasteiger partial charge in [-0.05, 0) is 191 Å². The summed E-state index contributed by atoms with van der Waals surface area (Å²) in [6.07, 6.45) is 4.75. The highest BCUT2D eigenvalue weighted by Crippen LogP contribution is 2.48. The molecule has 14 heterocycles. The third-order valence-corrected chi connectivity index (χ3v) is 24.1. The van der Waals surface area contributed by atoms with E-state index in [9.17, 15) is 19.1 Å². The SMILES string of the molecule is CCOC(=O)[C@@H](OC(C)(C)C)c1c(C)cc2nc(-c3ccnc(N4CCn5c(C)nnc5C4)c3)sc2c1-c1ccc(Cl)cc1.Cc1cc2nc(-c3ccnc(N4CCn5c(C)nnc5C4)c3)sc2c(-c2ccc(Cl)cc2)c1[C@H](OC(C)(C)C)C(=O)O.Cc1nnc2n1CCN(c1cc(Br)ccn1)C2.Cc1nnc2n1CCNC2.Cl.Fc1cc(Br)ccn1. The van der Waals surface area contributed by atoms with Gasteiger partial charge in [0.2, 0.25) is 5.95 Å². The van der Waals surface area contributed by atoms with Gasteiger partial charge in [0.15, 0.2) is 29.7 Å². The number of hydrogen-bond donors (Lipinski definition) is 2. The number of pyridine rings is 4. The van der Waals surface area contributed by atoms with E-state index in [0.717, 1.165) is 214 Å². The molecular formula is C86H92Br2Cl3FN22O6S2. The van der Waals surface area contributed by atoms with Gasteiger partial charge in [0.25, 0.3) is 0 Å². The van der Waals surface area contributed by atoms with Crippen molar-refractivity contribution >= 4 is 140 Å². The number of anilines is 3. The maximum atomic E-state index is 13.4. The van der Waals surface area contributed by atoms with Gasteiger partial charge in [-0.2, -0.15) is 4.39 Å². The lowest BCUT2D eigenvalue weighted by molar-refractivity contribution is -0.166. The number of thiazole rings is 2. The Hall–Kier alpha value is -10.2. The minimum Gasteiger partial charge on any atom is -0.479 e. The number of carbonyl (C=O) groups excluding carboxylic acids is 1. The summed E-state index contributed by atoms with van der Waals surface area (Å²) in [5.74, 6) is 8.56. The van der Waals surface area contributed by atoms with Gasteiger partial charge in [0, 0.05) is 136 Å². The van der Waals surface area contributed by atoms with E-state index in [2.05, 4.69) is 143 Å². The van der Waals surface area contributed by atoms with Crippen LogP contribution in [0.1, 0.15) is 130 Å². The summed E-state index contributed by atoms with van der Waals surface area (Å²) in [5, 5.41) is 49.8. The van der Waals surface area contributed by atoms with E-state index < -0.39 is 41.3 Å². The van der Waals surface area contributed by atoms with E-state index in [0.29, 0.717) is 33.2 Å². The van der Waals surface area contributed by atoms with Crippen molar-refractivity contribution in [3.63, 3.8) is 0 Å². The first-order valence-corrected chi connectivity index (χ1v) is 43.4. The normalized spacial score (nSPS) is 14.1. The number of nitrogens with zero attached hydrogens (tertiary/aromatic N) is 21. The van der Waals surface area contributed by atoms with Crippen LogP contribution in [0, 0.1) is 47.5 Å². The number of carbonyl (C=O) groups is 2. The fourth-order valence-electron chi connectivity index (χ4n) is 14.7. The molecule has 636 valence electrons. The quantitative estimate of drug-likeness (QED) is 0.0755. The van der Waals surface area contributed by atoms with Gasteiger partial charge < -0.3 is 57.6 Å². The summed E-state index contributed by atoms with van der Waals surface area (Å²) >= 11 is 22.2. The van der Waals surface area contributed by atoms with Gasteiger partial charge in [-0.1, -0.05) is 79.3 Å². The number of nitrogens with one attached hydrogen (secondary N) is 1. The summed E-state index contributed by atoms with van der Waals surface area (Å²) in [5.41, 5.74) is 8.80. The maximum Gasteiger partial charge on any atom is 0.339 e. The molecule has 2 N–H and O–H groups in total. The van der Waals surface area contributed by atoms with Crippen molar-refractivity contribution in [1.82, 2.24) is 94.3 Å². The van der Waals surface area contributed by atoms with Gasteiger partial charge >= 0.3 is 11.9 Å². The fourth-order valence-corrected chi connectivity index (χ4v) is 17.8. The van der Waals surface area contributed by atoms with Crippen LogP contribution >= 0.6 is 90.1 Å². The number of aromatic nitrogens is 18. The molecule has 0 fully saturated rings. The molecule has 2 atom stereocenters. The predicted molar refractivity (Wildman–Crippen MR) is 482 cm³/mol. The highest BCUT2D eigenvalue weighted by Gasteiger charge is 2.36. The molecule has 4 aromatic carbocycles. The Kier molecular flexibility index (Phi) is 28.4. The van der Waals surface area contributed by atoms with Crippen LogP contribution < -0.4 is 20.0 Å². The number of carboxylic acid groups (broad SMARTS) is 1. The number of halogens is 6. The molecule has 0 spiro atoms. The number of rotatable bonds is 14. The molecule has 10 aromatic heterocycles. The van der Waals surface area contributed by atoms with Crippen LogP contribution in [0.5, 0.6) is 0 Å². The highest BCUT2D eigenvalue weighted by molar-refractivity contribution is 9.10. The highest BCUT2D eigenvalue weighted by atomic mass is 79.9. The number of aliphatic carboxylic acids is 1. The summed E-state index contributed by atoms with van der Waals surface area (Å²) in [6.45, 7) is 35.3. The van der Waals surface area contributed by atoms with Gasteiger partial charge in [-0.25, -0.2) is 39.5 Å². The molecule has 0 aliphatic carbocycles. The van der Waals surface area contributed by atoms with E-state index in [4.69, 9.17) is 47.4 Å². The Labute approximate surface area is 746 Å². The lowest BCUT2D eigenvalue weighted by Crippen LogP contribution is -2.34. The van der Waals surface area contributed by atoms with Crippen LogP contribution in [-0.2, 0) is 76.2 Å². The summed E-state index contributed by atoms with van der Waals surface area (Å²) < 4.78 is 42.3. The molecule has 122 heavy (non-hydrogen) atoms. The second kappa shape index (κ2) is 38.7. The van der Waals surface area contributed by atoms with E-state index in [-0.39, 0.29) is 19.0 Å². The third kappa shape index (κ3) is 21.0. The number of ether oxygens (including phenoxy) is 3. The number of benzene rings is 4. The van der Waals surface area contributed by atoms with Crippen LogP contribution in [0.3, 0.4) is 0 Å². The minimum atomic E-state index is -1.16. The standard InChI is InChI=1S/C33H35ClN6O3S.C31H31ClN6O3S.C11H12BrN5.C6H10N4.C5H3BrFN.ClH/c1-7-42-32(41)29(43-33(4,5)6)27-19(2)16-24-30(28(27)21-8-10-23(34)11-9-21)44-31(36-24)22-12-13-35-25(17-22)39-14-15-40-20(3)37-38-26(40)18-39;1-17-14-22-28(26(19-6-8-21(32)9-7-19)25(17)27(30(39)40)41-31(3,4)5)42-29(34-22)20-10-11-33-23(15-20)37-12-13-38-18(2)35-36-24(38)16-37;1-8-14-15-11-7-16(4-5-17(8)11)10-6-9(12)2-3-13-10;1-5-8-9-6-4-7-2-3-10(5)6;6-4-1-2-8-5(7)3-4;/h8-13,16-17,29H,7,14-15,18H2,1-6H3;6-11,14-15,27H,12-13,16H2,1-5H3,(H,39,40);2-3,6H,4-5,7H2,1H3;7H,2-4H2,1H3;1-3H;1H/t29-;27-;;;;/m00..../s1. The van der Waals surface area contributed by atoms with Crippen molar-refractivity contribution in [3.05, 3.63) is 228 Å². The minimum absolute atomic E-state index is 0. The van der Waals surface area contributed by atoms with Crippen molar-refractivity contribution in [3.8, 4) is 43.4 Å². The molecule has 0 saturated carbocycles. The Balaban J connectivity index is 0.000000150. The number of carboxylic acids is 1. The maximum absolute atomic E-state index is 13.4. The average Bonchev–Trinajstić information content (AvgIpc) is 1.53. The van der Waals surface area contributed by atoms with Crippen molar-refractivity contribution in [2.45, 2.75) is 166 Å². The van der Waals surface area contributed by atoms with Crippen LogP contribution in [0.2, 0.25) is 10.0 Å². The Morgan fingerprint density at radius 1 is 0.500 bits per heavy atom. The number of aryl methyl sites for hydroxylation is 6. The van der Waals surface area contributed by atoms with Gasteiger partial charge in [-0.15, -0.1) is 75.9 Å². The third-order valence-electron chi connectivity index (χ3n) is 20.3. The zero-order valence-electron chi connectivity index (χ0n) is 69.5. The number of fused-ring (bicyclic) bond motifs is 6. The molecule has 0 radical (unpaired) electrons. The molecule has 0 saturated heterocycles. The van der Waals surface area contributed by atoms with Crippen LogP contribution in [0.25, 0.3) is 63.8 Å². The predicted octanol–water partition coefficient (Wildman–Crippen LogP) is 18.0. The zero-order chi connectivity index (χ0) is 85.7. The Morgan fingerprint density at radius 3 is 1.27 bits per heavy atom. The van der Waals surface area contributed by atoms with Crippen molar-refractivity contribution < 1.29 is 33.3 Å². The largest absolute Gasteiger partial charge is 0.479 e. The molecule has 0 unspecified atom stereocenters. The van der Waals surface area contributed by atoms with Crippen LogP contribution in [0.15, 0.2) is 143 Å². The van der Waals surface area contributed by atoms with Crippen molar-refractivity contribution in [1.29, 1.82) is 0 Å². The molecule has 18 rings (SSSR count). The Morgan fingerprint density at radius 2 is 0.885 bits per heavy atom. The molecular weight excluding hydrogens is 1790 g/mol. The van der Waals surface area contributed by atoms with Gasteiger partial charge in [0.1, 0.15) is 56.6 Å². The number of esters is 1. The molecule has 14 aromatic rings. The Bertz CT molecular complexity index is 6070. The monoisotopic (exact) mass is 1870 g/mol. The van der Waals surface area contributed by atoms with Crippen molar-refractivity contribution in [2.24, 2.45) is 0 Å². The zero-order valence-corrected chi connectivity index (χ0v) is 76.7. The van der Waals surface area contributed by atoms with Gasteiger partial charge in [-0.3, -0.25) is 0 Å². The molecule has 4 aliphatic heterocycles. The molecule has 4 aliphatic rings. The smallest absolute Gasteiger partial charge is 0.339 e. The second-order valence-electron chi connectivity index (χ2n) is 31.2. The lowest BCUT2D eigenvalue weighted by atomic mass is 9.91. The van der Waals surface area contributed by atoms with E-state index in [1.54, 1.807) is 30.5 Å². The second-order valence-corrected chi connectivity index (χ2v) is 35.9. The first-order chi connectivity index (χ1) is 57.9. The van der Waals surface area contributed by atoms with Gasteiger partial charge in [0.05, 0.1) is 64.4 Å². The fraction of sp³-hybridized carbons (Fsp3) is 0.349. The summed E-state index contributed by atoms with van der Waals surface area (Å²) in [7, 11) is 0. The summed E-state index contributed by atoms with van der Waals surface area (Å²) in [4.78, 5) is 59.9.